The van der Waals surface area contributed by atoms with Crippen LogP contribution in [-0.4, -0.2) is 54.4 Å². The average Bonchev–Trinajstić information content (AvgIpc) is 3.31. The standard InChI is InChI=1S/C23H27N3O5S/c1-30-16-6-4-5-13-11-26(22(27)19(13)16)12-14-9-15-17(10-24-14)32-21(20(15)23(28)29)25-18-7-2-3-8-31-18/h4-6,14,18,24-25H,2-3,7-12H2,1H3,(H,28,29)/t14-,18?/m0/s1. The van der Waals surface area contributed by atoms with Crippen LogP contribution in [0.3, 0.4) is 0 Å². The Kier molecular flexibility index (Phi) is 5.79. The van der Waals surface area contributed by atoms with Crippen LogP contribution in [0, 0.1) is 0 Å². The van der Waals surface area contributed by atoms with Crippen LogP contribution in [0.4, 0.5) is 5.00 Å². The molecule has 3 aliphatic heterocycles. The summed E-state index contributed by atoms with van der Waals surface area (Å²) in [5.41, 5.74) is 2.81. The number of aromatic carboxylic acids is 1. The summed E-state index contributed by atoms with van der Waals surface area (Å²) in [5, 5.41) is 17.4. The van der Waals surface area contributed by atoms with Crippen LogP contribution in [0.2, 0.25) is 0 Å². The van der Waals surface area contributed by atoms with Crippen molar-refractivity contribution in [3.63, 3.8) is 0 Å². The number of methoxy groups -OCH3 is 1. The number of carboxylic acids is 1. The van der Waals surface area contributed by atoms with E-state index >= 15 is 0 Å². The van der Waals surface area contributed by atoms with Crippen LogP contribution in [0.25, 0.3) is 0 Å². The van der Waals surface area contributed by atoms with E-state index in [1.165, 1.54) is 11.3 Å². The Labute approximate surface area is 190 Å². The SMILES string of the molecule is COc1cccc2c1C(=O)N(C[C@@H]1Cc3c(sc(NC4CCCCO4)c3C(=O)O)CN1)C2. The first-order valence-electron chi connectivity index (χ1n) is 11.0. The van der Waals surface area contributed by atoms with E-state index in [0.717, 1.165) is 35.3 Å². The van der Waals surface area contributed by atoms with Crippen LogP contribution in [0.1, 0.15) is 56.0 Å². The van der Waals surface area contributed by atoms with Gasteiger partial charge in [0.15, 0.2) is 0 Å². The molecule has 3 aliphatic rings. The predicted octanol–water partition coefficient (Wildman–Crippen LogP) is 3.06. The molecular formula is C23H27N3O5S. The normalized spacial score (nSPS) is 22.4. The molecule has 1 aromatic heterocycles. The number of hydrogen-bond acceptors (Lipinski definition) is 7. The number of nitrogens with zero attached hydrogens (tertiary/aromatic N) is 1. The number of carboxylic acid groups (broad SMARTS) is 1. The van der Waals surface area contributed by atoms with Crippen LogP contribution in [-0.2, 0) is 24.2 Å². The number of carbonyl (C=O) groups is 2. The third-order valence-corrected chi connectivity index (χ3v) is 7.58. The number of carbonyl (C=O) groups excluding carboxylic acids is 1. The monoisotopic (exact) mass is 457 g/mol. The summed E-state index contributed by atoms with van der Waals surface area (Å²) < 4.78 is 11.1. The number of benzene rings is 1. The lowest BCUT2D eigenvalue weighted by molar-refractivity contribution is 0.0344. The van der Waals surface area contributed by atoms with Crippen molar-refractivity contribution in [3.05, 3.63) is 45.3 Å². The second-order valence-corrected chi connectivity index (χ2v) is 9.58. The Balaban J connectivity index is 1.32. The van der Waals surface area contributed by atoms with Gasteiger partial charge >= 0.3 is 5.97 Å². The third kappa shape index (κ3) is 3.85. The van der Waals surface area contributed by atoms with E-state index in [1.54, 1.807) is 13.2 Å². The lowest BCUT2D eigenvalue weighted by Gasteiger charge is -2.28. The average molecular weight is 458 g/mol. The Morgan fingerprint density at radius 1 is 1.41 bits per heavy atom. The molecule has 0 aliphatic carbocycles. The zero-order chi connectivity index (χ0) is 22.2. The largest absolute Gasteiger partial charge is 0.496 e. The van der Waals surface area contributed by atoms with Gasteiger partial charge in [0.2, 0.25) is 0 Å². The van der Waals surface area contributed by atoms with E-state index in [4.69, 9.17) is 9.47 Å². The van der Waals surface area contributed by atoms with E-state index in [2.05, 4.69) is 10.6 Å². The maximum atomic E-state index is 13.0. The number of fused-ring (bicyclic) bond motifs is 2. The van der Waals surface area contributed by atoms with Crippen molar-refractivity contribution in [2.75, 3.05) is 25.6 Å². The summed E-state index contributed by atoms with van der Waals surface area (Å²) in [6.07, 6.45) is 3.43. The molecule has 32 heavy (non-hydrogen) atoms. The number of rotatable bonds is 6. The molecule has 1 aromatic carbocycles. The van der Waals surface area contributed by atoms with Gasteiger partial charge in [0, 0.05) is 37.2 Å². The fourth-order valence-corrected chi connectivity index (χ4v) is 6.07. The second-order valence-electron chi connectivity index (χ2n) is 8.47. The first-order chi connectivity index (χ1) is 15.5. The zero-order valence-corrected chi connectivity index (χ0v) is 18.8. The van der Waals surface area contributed by atoms with Gasteiger partial charge in [-0.2, -0.15) is 0 Å². The molecule has 1 fully saturated rings. The van der Waals surface area contributed by atoms with E-state index < -0.39 is 5.97 Å². The minimum atomic E-state index is -0.921. The van der Waals surface area contributed by atoms with Gasteiger partial charge in [-0.25, -0.2) is 4.79 Å². The molecule has 170 valence electrons. The van der Waals surface area contributed by atoms with E-state index in [1.807, 2.05) is 17.0 Å². The van der Waals surface area contributed by atoms with Crippen molar-refractivity contribution < 1.29 is 24.2 Å². The van der Waals surface area contributed by atoms with Crippen LogP contribution >= 0.6 is 11.3 Å². The molecule has 3 N–H and O–H groups in total. The molecule has 4 heterocycles. The highest BCUT2D eigenvalue weighted by atomic mass is 32.1. The van der Waals surface area contributed by atoms with Crippen molar-refractivity contribution in [2.24, 2.45) is 0 Å². The molecule has 1 unspecified atom stereocenters. The fourth-order valence-electron chi connectivity index (χ4n) is 4.85. The first-order valence-corrected chi connectivity index (χ1v) is 11.8. The van der Waals surface area contributed by atoms with Gasteiger partial charge in [0.1, 0.15) is 17.0 Å². The minimum Gasteiger partial charge on any atom is -0.496 e. The first kappa shape index (κ1) is 21.2. The second kappa shape index (κ2) is 8.73. The Bertz CT molecular complexity index is 1050. The molecule has 2 atom stereocenters. The highest BCUT2D eigenvalue weighted by molar-refractivity contribution is 7.16. The molecule has 0 saturated carbocycles. The summed E-state index contributed by atoms with van der Waals surface area (Å²) in [7, 11) is 1.57. The van der Waals surface area contributed by atoms with Gasteiger partial charge in [-0.3, -0.25) is 4.79 Å². The number of hydrogen-bond donors (Lipinski definition) is 3. The maximum absolute atomic E-state index is 13.0. The van der Waals surface area contributed by atoms with E-state index in [0.29, 0.717) is 54.5 Å². The van der Waals surface area contributed by atoms with Gasteiger partial charge < -0.3 is 30.1 Å². The van der Waals surface area contributed by atoms with Crippen LogP contribution in [0.15, 0.2) is 18.2 Å². The smallest absolute Gasteiger partial charge is 0.338 e. The summed E-state index contributed by atoms with van der Waals surface area (Å²) in [6.45, 7) is 2.35. The number of nitrogens with one attached hydrogen (secondary N) is 2. The van der Waals surface area contributed by atoms with Crippen LogP contribution < -0.4 is 15.4 Å². The molecule has 0 spiro atoms. The van der Waals surface area contributed by atoms with Crippen molar-refractivity contribution in [2.45, 2.75) is 51.0 Å². The molecule has 9 heteroatoms. The fraction of sp³-hybridized carbons (Fsp3) is 0.478. The van der Waals surface area contributed by atoms with Gasteiger partial charge in [-0.15, -0.1) is 11.3 Å². The quantitative estimate of drug-likeness (QED) is 0.613. The Morgan fingerprint density at radius 2 is 2.28 bits per heavy atom. The third-order valence-electron chi connectivity index (χ3n) is 6.41. The molecular weight excluding hydrogens is 430 g/mol. The molecule has 0 radical (unpaired) electrons. The molecule has 1 saturated heterocycles. The predicted molar refractivity (Wildman–Crippen MR) is 121 cm³/mol. The molecule has 8 nitrogen and oxygen atoms in total. The highest BCUT2D eigenvalue weighted by Crippen LogP contribution is 2.38. The minimum absolute atomic E-state index is 0.0155. The highest BCUT2D eigenvalue weighted by Gasteiger charge is 2.35. The van der Waals surface area contributed by atoms with Crippen molar-refractivity contribution in [1.29, 1.82) is 0 Å². The maximum Gasteiger partial charge on any atom is 0.338 e. The lowest BCUT2D eigenvalue weighted by Crippen LogP contribution is -2.44. The van der Waals surface area contributed by atoms with Gasteiger partial charge in [0.25, 0.3) is 5.91 Å². The summed E-state index contributed by atoms with van der Waals surface area (Å²) in [6, 6.07) is 5.64. The van der Waals surface area contributed by atoms with E-state index in [9.17, 15) is 14.7 Å². The zero-order valence-electron chi connectivity index (χ0n) is 18.0. The molecule has 5 rings (SSSR count). The molecule has 1 amide bonds. The topological polar surface area (TPSA) is 100 Å². The van der Waals surface area contributed by atoms with Gasteiger partial charge in [-0.1, -0.05) is 12.1 Å². The Morgan fingerprint density at radius 3 is 3.03 bits per heavy atom. The van der Waals surface area contributed by atoms with Crippen molar-refractivity contribution >= 4 is 28.2 Å². The Hall–Kier alpha value is -2.62. The molecule has 0 bridgehead atoms. The number of anilines is 1. The molecule has 2 aromatic rings. The summed E-state index contributed by atoms with van der Waals surface area (Å²) >= 11 is 1.49. The number of ether oxygens (including phenoxy) is 2. The van der Waals surface area contributed by atoms with Crippen LogP contribution in [0.5, 0.6) is 5.75 Å². The van der Waals surface area contributed by atoms with Crippen molar-refractivity contribution in [3.8, 4) is 5.75 Å². The lowest BCUT2D eigenvalue weighted by atomic mass is 9.97. The van der Waals surface area contributed by atoms with Gasteiger partial charge in [-0.05, 0) is 42.9 Å². The summed E-state index contributed by atoms with van der Waals surface area (Å²) in [4.78, 5) is 28.0. The van der Waals surface area contributed by atoms with Crippen molar-refractivity contribution in [1.82, 2.24) is 10.2 Å². The summed E-state index contributed by atoms with van der Waals surface area (Å²) in [5.74, 6) is -0.359. The number of thiophene rings is 1. The van der Waals surface area contributed by atoms with Gasteiger partial charge in [0.05, 0.1) is 18.2 Å². The number of amides is 1. The van der Waals surface area contributed by atoms with E-state index in [-0.39, 0.29) is 18.2 Å².